The van der Waals surface area contributed by atoms with E-state index < -0.39 is 0 Å². The number of ether oxygens (including phenoxy) is 1. The molecule has 7 heteroatoms. The van der Waals surface area contributed by atoms with Gasteiger partial charge in [-0.1, -0.05) is 11.3 Å². The van der Waals surface area contributed by atoms with Gasteiger partial charge >= 0.3 is 0 Å². The number of benzene rings is 1. The van der Waals surface area contributed by atoms with Gasteiger partial charge in [0.1, 0.15) is 10.8 Å². The zero-order valence-corrected chi connectivity index (χ0v) is 13.1. The fourth-order valence-electron chi connectivity index (χ4n) is 2.71. The van der Waals surface area contributed by atoms with Gasteiger partial charge in [-0.25, -0.2) is 0 Å². The van der Waals surface area contributed by atoms with Crippen molar-refractivity contribution in [3.63, 3.8) is 0 Å². The molecule has 0 unspecified atom stereocenters. The molecule has 114 valence electrons. The summed E-state index contributed by atoms with van der Waals surface area (Å²) in [5.41, 5.74) is 0.993. The summed E-state index contributed by atoms with van der Waals surface area (Å²) in [6.45, 7) is 3.71. The molecule has 1 saturated heterocycles. The third-order valence-corrected chi connectivity index (χ3v) is 4.80. The molecule has 6 nitrogen and oxygen atoms in total. The minimum atomic E-state index is 0.361. The Bertz CT molecular complexity index is 773. The van der Waals surface area contributed by atoms with Crippen LogP contribution in [0.3, 0.4) is 0 Å². The number of nitrogens with one attached hydrogen (secondary N) is 1. The fourth-order valence-corrected chi connectivity index (χ4v) is 3.66. The SMILES string of the molecule is CCOc1ccc(-c2nnc3sc([C@@H]4CCCN4)nn23)cc1. The van der Waals surface area contributed by atoms with E-state index in [1.807, 2.05) is 35.7 Å². The topological polar surface area (TPSA) is 64.3 Å². The van der Waals surface area contributed by atoms with Gasteiger partial charge in [0.2, 0.25) is 4.96 Å². The van der Waals surface area contributed by atoms with Gasteiger partial charge in [-0.05, 0) is 50.6 Å². The van der Waals surface area contributed by atoms with E-state index in [4.69, 9.17) is 9.84 Å². The van der Waals surface area contributed by atoms with Crippen molar-refractivity contribution in [2.45, 2.75) is 25.8 Å². The van der Waals surface area contributed by atoms with Crippen LogP contribution in [0.5, 0.6) is 5.75 Å². The second kappa shape index (κ2) is 5.66. The molecule has 0 aliphatic carbocycles. The van der Waals surface area contributed by atoms with Crippen molar-refractivity contribution in [2.75, 3.05) is 13.2 Å². The Labute approximate surface area is 132 Å². The summed E-state index contributed by atoms with van der Waals surface area (Å²) >= 11 is 1.61. The van der Waals surface area contributed by atoms with Crippen LogP contribution in [0, 0.1) is 0 Å². The lowest BCUT2D eigenvalue weighted by atomic mass is 10.2. The summed E-state index contributed by atoms with van der Waals surface area (Å²) in [4.78, 5) is 0.840. The van der Waals surface area contributed by atoms with E-state index in [-0.39, 0.29) is 0 Å². The lowest BCUT2D eigenvalue weighted by molar-refractivity contribution is 0.340. The fraction of sp³-hybridized carbons (Fsp3) is 0.400. The van der Waals surface area contributed by atoms with E-state index in [2.05, 4.69) is 15.5 Å². The van der Waals surface area contributed by atoms with Gasteiger partial charge in [-0.15, -0.1) is 10.2 Å². The summed E-state index contributed by atoms with van der Waals surface area (Å²) < 4.78 is 7.32. The standard InChI is InChI=1S/C15H17N5OS/c1-2-21-11-7-5-10(6-8-11)13-17-18-15-20(13)19-14(22-15)12-4-3-9-16-12/h5-8,12,16H,2-4,9H2,1H3/t12-/m0/s1. The predicted molar refractivity (Wildman–Crippen MR) is 85.2 cm³/mol. The van der Waals surface area contributed by atoms with Gasteiger partial charge in [0.25, 0.3) is 0 Å². The van der Waals surface area contributed by atoms with Crippen LogP contribution in [-0.2, 0) is 0 Å². The average Bonchev–Trinajstić information content (AvgIpc) is 3.24. The number of hydrogen-bond acceptors (Lipinski definition) is 6. The predicted octanol–water partition coefficient (Wildman–Crippen LogP) is 2.68. The first-order valence-corrected chi connectivity index (χ1v) is 8.35. The molecule has 22 heavy (non-hydrogen) atoms. The number of fused-ring (bicyclic) bond motifs is 1. The van der Waals surface area contributed by atoms with E-state index in [1.54, 1.807) is 11.3 Å². The molecule has 0 amide bonds. The third-order valence-electron chi connectivity index (χ3n) is 3.79. The summed E-state index contributed by atoms with van der Waals surface area (Å²) in [5.74, 6) is 1.64. The van der Waals surface area contributed by atoms with Crippen molar-refractivity contribution < 1.29 is 4.74 Å². The Morgan fingerprint density at radius 3 is 2.91 bits per heavy atom. The van der Waals surface area contributed by atoms with E-state index in [0.717, 1.165) is 40.1 Å². The first-order valence-electron chi connectivity index (χ1n) is 7.54. The number of nitrogens with zero attached hydrogens (tertiary/aromatic N) is 4. The lowest BCUT2D eigenvalue weighted by Gasteiger charge is -2.04. The van der Waals surface area contributed by atoms with Crippen LogP contribution in [0.2, 0.25) is 0 Å². The second-order valence-electron chi connectivity index (χ2n) is 5.26. The second-order valence-corrected chi connectivity index (χ2v) is 6.25. The molecular formula is C15H17N5OS. The molecular weight excluding hydrogens is 298 g/mol. The van der Waals surface area contributed by atoms with Gasteiger partial charge in [0, 0.05) is 5.56 Å². The summed E-state index contributed by atoms with van der Waals surface area (Å²) in [6, 6.07) is 8.25. The van der Waals surface area contributed by atoms with Crippen LogP contribution in [0.4, 0.5) is 0 Å². The van der Waals surface area contributed by atoms with Crippen molar-refractivity contribution in [3.05, 3.63) is 29.3 Å². The molecule has 1 aliphatic rings. The summed E-state index contributed by atoms with van der Waals surface area (Å²) in [7, 11) is 0. The minimum Gasteiger partial charge on any atom is -0.494 e. The molecule has 2 aromatic heterocycles. The largest absolute Gasteiger partial charge is 0.494 e. The number of hydrogen-bond donors (Lipinski definition) is 1. The van der Waals surface area contributed by atoms with Crippen LogP contribution in [0.15, 0.2) is 24.3 Å². The van der Waals surface area contributed by atoms with Crippen molar-refractivity contribution in [1.82, 2.24) is 25.1 Å². The molecule has 3 aromatic rings. The van der Waals surface area contributed by atoms with Crippen LogP contribution in [0.1, 0.15) is 30.8 Å². The molecule has 0 radical (unpaired) electrons. The monoisotopic (exact) mass is 315 g/mol. The lowest BCUT2D eigenvalue weighted by Crippen LogP contribution is -2.12. The molecule has 0 saturated carbocycles. The van der Waals surface area contributed by atoms with Crippen molar-refractivity contribution in [2.24, 2.45) is 0 Å². The van der Waals surface area contributed by atoms with E-state index >= 15 is 0 Å². The van der Waals surface area contributed by atoms with Crippen LogP contribution < -0.4 is 10.1 Å². The highest BCUT2D eigenvalue weighted by molar-refractivity contribution is 7.16. The Hall–Kier alpha value is -1.99. The molecule has 1 atom stereocenters. The Morgan fingerprint density at radius 1 is 1.32 bits per heavy atom. The maximum Gasteiger partial charge on any atom is 0.235 e. The van der Waals surface area contributed by atoms with Crippen LogP contribution in [-0.4, -0.2) is 33.0 Å². The highest BCUT2D eigenvalue weighted by atomic mass is 32.1. The molecule has 3 heterocycles. The molecule has 1 fully saturated rings. The number of aromatic nitrogens is 4. The van der Waals surface area contributed by atoms with Gasteiger partial charge in [0.15, 0.2) is 5.82 Å². The summed E-state index contributed by atoms with van der Waals surface area (Å²) in [6.07, 6.45) is 2.35. The van der Waals surface area contributed by atoms with Gasteiger partial charge in [-0.3, -0.25) is 0 Å². The van der Waals surface area contributed by atoms with E-state index in [1.165, 1.54) is 6.42 Å². The molecule has 1 aromatic carbocycles. The molecule has 0 spiro atoms. The van der Waals surface area contributed by atoms with Crippen molar-refractivity contribution in [1.29, 1.82) is 0 Å². The zero-order valence-electron chi connectivity index (χ0n) is 12.3. The Kier molecular flexibility index (Phi) is 3.51. The minimum absolute atomic E-state index is 0.361. The smallest absolute Gasteiger partial charge is 0.235 e. The average molecular weight is 315 g/mol. The van der Waals surface area contributed by atoms with E-state index in [9.17, 15) is 0 Å². The molecule has 0 bridgehead atoms. The normalized spacial score (nSPS) is 18.1. The van der Waals surface area contributed by atoms with Crippen molar-refractivity contribution in [3.8, 4) is 17.1 Å². The van der Waals surface area contributed by atoms with E-state index in [0.29, 0.717) is 12.6 Å². The van der Waals surface area contributed by atoms with Crippen LogP contribution >= 0.6 is 11.3 Å². The highest BCUT2D eigenvalue weighted by Crippen LogP contribution is 2.29. The maximum absolute atomic E-state index is 5.47. The molecule has 4 rings (SSSR count). The Balaban J connectivity index is 1.68. The quantitative estimate of drug-likeness (QED) is 0.802. The van der Waals surface area contributed by atoms with Gasteiger partial charge in [-0.2, -0.15) is 9.61 Å². The zero-order chi connectivity index (χ0) is 14.9. The van der Waals surface area contributed by atoms with Crippen molar-refractivity contribution >= 4 is 16.3 Å². The highest BCUT2D eigenvalue weighted by Gasteiger charge is 2.22. The first kappa shape index (κ1) is 13.7. The third kappa shape index (κ3) is 2.36. The van der Waals surface area contributed by atoms with Gasteiger partial charge in [0.05, 0.1) is 12.6 Å². The number of rotatable bonds is 4. The molecule has 1 aliphatic heterocycles. The van der Waals surface area contributed by atoms with Crippen LogP contribution in [0.25, 0.3) is 16.3 Å². The maximum atomic E-state index is 5.47. The van der Waals surface area contributed by atoms with Gasteiger partial charge < -0.3 is 10.1 Å². The first-order chi connectivity index (χ1) is 10.8. The summed E-state index contributed by atoms with van der Waals surface area (Å²) in [5, 5.41) is 17.8. The Morgan fingerprint density at radius 2 is 2.18 bits per heavy atom. The molecule has 1 N–H and O–H groups in total.